The van der Waals surface area contributed by atoms with Gasteiger partial charge in [-0.2, -0.15) is 0 Å². The Morgan fingerprint density at radius 2 is 1.83 bits per heavy atom. The molecular weight excluding hydrogens is 318 g/mol. The monoisotopic (exact) mass is 333 g/mol. The van der Waals surface area contributed by atoms with Gasteiger partial charge in [-0.05, 0) is 42.5 Å². The van der Waals surface area contributed by atoms with Gasteiger partial charge in [-0.25, -0.2) is 4.79 Å². The number of anilines is 1. The van der Waals surface area contributed by atoms with Crippen molar-refractivity contribution in [3.8, 4) is 5.75 Å². The maximum Gasteiger partial charge on any atom is 0.338 e. The number of hydrogen-bond donors (Lipinski definition) is 1. The third-order valence-electron chi connectivity index (χ3n) is 2.82. The summed E-state index contributed by atoms with van der Waals surface area (Å²) in [6.45, 7) is 1.77. The molecule has 0 aromatic heterocycles. The first-order valence-electron chi connectivity index (χ1n) is 6.98. The molecule has 0 saturated carbocycles. The van der Waals surface area contributed by atoms with Gasteiger partial charge >= 0.3 is 5.97 Å². The van der Waals surface area contributed by atoms with E-state index in [0.29, 0.717) is 22.0 Å². The maximum atomic E-state index is 11.9. The van der Waals surface area contributed by atoms with Crippen LogP contribution in [0.3, 0.4) is 0 Å². The van der Waals surface area contributed by atoms with Crippen LogP contribution in [0.2, 0.25) is 5.02 Å². The predicted octanol–water partition coefficient (Wildman–Crippen LogP) is 3.53. The molecule has 0 atom stereocenters. The summed E-state index contributed by atoms with van der Waals surface area (Å²) in [6, 6.07) is 13.4. The van der Waals surface area contributed by atoms with E-state index >= 15 is 0 Å². The van der Waals surface area contributed by atoms with Crippen LogP contribution in [0.15, 0.2) is 48.5 Å². The molecule has 120 valence electrons. The van der Waals surface area contributed by atoms with Gasteiger partial charge in [-0.1, -0.05) is 17.7 Å². The summed E-state index contributed by atoms with van der Waals surface area (Å²) in [5.74, 6) is 0.000712. The number of nitrogens with one attached hydrogen (secondary N) is 1. The number of halogens is 1. The molecule has 6 heteroatoms. The number of carbonyl (C=O) groups excluding carboxylic acids is 2. The smallest absolute Gasteiger partial charge is 0.338 e. The minimum absolute atomic E-state index is 0.124. The Labute approximate surface area is 139 Å². The first-order chi connectivity index (χ1) is 11.0. The molecule has 0 fully saturated rings. The minimum atomic E-state index is -0.450. The molecule has 1 amide bonds. The summed E-state index contributed by atoms with van der Waals surface area (Å²) in [6.07, 6.45) is 0. The molecule has 2 rings (SSSR count). The molecule has 0 saturated heterocycles. The lowest BCUT2D eigenvalue weighted by Gasteiger charge is -2.08. The molecule has 2 aromatic carbocycles. The fourth-order valence-electron chi connectivity index (χ4n) is 1.83. The van der Waals surface area contributed by atoms with Gasteiger partial charge in [0.05, 0.1) is 5.56 Å². The number of esters is 1. The average molecular weight is 334 g/mol. The summed E-state index contributed by atoms with van der Waals surface area (Å²) in [5, 5.41) is 3.21. The Morgan fingerprint density at radius 1 is 1.09 bits per heavy atom. The van der Waals surface area contributed by atoms with Gasteiger partial charge in [0.15, 0.2) is 0 Å². The van der Waals surface area contributed by atoms with Crippen molar-refractivity contribution >= 4 is 29.2 Å². The molecule has 0 heterocycles. The van der Waals surface area contributed by atoms with E-state index in [0.717, 1.165) is 0 Å². The lowest BCUT2D eigenvalue weighted by atomic mass is 10.2. The van der Waals surface area contributed by atoms with Gasteiger partial charge in [0.2, 0.25) is 5.91 Å². The second-order valence-corrected chi connectivity index (χ2v) is 5.14. The summed E-state index contributed by atoms with van der Waals surface area (Å²) in [7, 11) is 0. The lowest BCUT2D eigenvalue weighted by molar-refractivity contribution is -0.114. The highest BCUT2D eigenvalue weighted by Crippen LogP contribution is 2.17. The molecule has 5 nitrogen and oxygen atoms in total. The zero-order valence-electron chi connectivity index (χ0n) is 12.5. The van der Waals surface area contributed by atoms with Crippen LogP contribution >= 0.6 is 11.6 Å². The summed E-state index contributed by atoms with van der Waals surface area (Å²) >= 11 is 5.84. The van der Waals surface area contributed by atoms with E-state index in [2.05, 4.69) is 5.32 Å². The summed E-state index contributed by atoms with van der Waals surface area (Å²) in [4.78, 5) is 22.8. The Morgan fingerprint density at radius 3 is 2.48 bits per heavy atom. The third-order valence-corrected chi connectivity index (χ3v) is 3.06. The first kappa shape index (κ1) is 16.8. The third kappa shape index (κ3) is 5.64. The number of benzene rings is 2. The topological polar surface area (TPSA) is 64.6 Å². The average Bonchev–Trinajstić information content (AvgIpc) is 2.51. The number of rotatable bonds is 6. The quantitative estimate of drug-likeness (QED) is 0.648. The van der Waals surface area contributed by atoms with Gasteiger partial charge < -0.3 is 14.8 Å². The zero-order valence-corrected chi connectivity index (χ0v) is 13.3. The molecule has 0 unspecified atom stereocenters. The molecule has 0 radical (unpaired) electrons. The van der Waals surface area contributed by atoms with Crippen molar-refractivity contribution in [2.24, 2.45) is 0 Å². The van der Waals surface area contributed by atoms with E-state index < -0.39 is 5.97 Å². The van der Waals surface area contributed by atoms with Crippen molar-refractivity contribution in [2.75, 3.05) is 18.5 Å². The fraction of sp³-hybridized carbons (Fsp3) is 0.176. The minimum Gasteiger partial charge on any atom is -0.490 e. The van der Waals surface area contributed by atoms with Gasteiger partial charge in [-0.3, -0.25) is 4.79 Å². The van der Waals surface area contributed by atoms with Crippen molar-refractivity contribution < 1.29 is 19.1 Å². The molecule has 0 aliphatic carbocycles. The van der Waals surface area contributed by atoms with Crippen LogP contribution in [0.4, 0.5) is 5.69 Å². The van der Waals surface area contributed by atoms with E-state index in [1.54, 1.807) is 48.5 Å². The zero-order chi connectivity index (χ0) is 16.7. The van der Waals surface area contributed by atoms with Crippen LogP contribution in [0.1, 0.15) is 17.3 Å². The number of ether oxygens (including phenoxy) is 2. The van der Waals surface area contributed by atoms with Crippen molar-refractivity contribution in [2.45, 2.75) is 6.92 Å². The number of amides is 1. The highest BCUT2D eigenvalue weighted by Gasteiger charge is 2.07. The van der Waals surface area contributed by atoms with Crippen molar-refractivity contribution in [3.63, 3.8) is 0 Å². The molecule has 1 N–H and O–H groups in total. The lowest BCUT2D eigenvalue weighted by Crippen LogP contribution is -2.12. The highest BCUT2D eigenvalue weighted by molar-refractivity contribution is 6.30. The van der Waals surface area contributed by atoms with Crippen LogP contribution in [0.25, 0.3) is 0 Å². The maximum absolute atomic E-state index is 11.9. The molecule has 0 aliphatic rings. The second kappa shape index (κ2) is 8.19. The second-order valence-electron chi connectivity index (χ2n) is 4.70. The van der Waals surface area contributed by atoms with Crippen LogP contribution in [0, 0.1) is 0 Å². The molecule has 0 aliphatic heterocycles. The summed E-state index contributed by atoms with van der Waals surface area (Å²) < 4.78 is 10.5. The van der Waals surface area contributed by atoms with E-state index in [9.17, 15) is 9.59 Å². The van der Waals surface area contributed by atoms with E-state index in [1.807, 2.05) is 0 Å². The van der Waals surface area contributed by atoms with Crippen LogP contribution in [-0.4, -0.2) is 25.1 Å². The van der Waals surface area contributed by atoms with Crippen LogP contribution in [0.5, 0.6) is 5.75 Å². The van der Waals surface area contributed by atoms with Crippen molar-refractivity contribution in [1.82, 2.24) is 0 Å². The molecule has 0 bridgehead atoms. The van der Waals surface area contributed by atoms with Gasteiger partial charge in [-0.15, -0.1) is 0 Å². The largest absolute Gasteiger partial charge is 0.490 e. The molecular formula is C17H16ClNO4. The van der Waals surface area contributed by atoms with Gasteiger partial charge in [0, 0.05) is 17.6 Å². The van der Waals surface area contributed by atoms with Crippen LogP contribution in [-0.2, 0) is 9.53 Å². The molecule has 0 spiro atoms. The molecule has 23 heavy (non-hydrogen) atoms. The Balaban J connectivity index is 1.77. The van der Waals surface area contributed by atoms with Crippen molar-refractivity contribution in [3.05, 3.63) is 59.1 Å². The Bertz CT molecular complexity index is 685. The Hall–Kier alpha value is -2.53. The van der Waals surface area contributed by atoms with E-state index in [1.165, 1.54) is 6.92 Å². The van der Waals surface area contributed by atoms with Crippen LogP contribution < -0.4 is 10.1 Å². The molecule has 2 aromatic rings. The normalized spacial score (nSPS) is 10.0. The highest BCUT2D eigenvalue weighted by atomic mass is 35.5. The summed E-state index contributed by atoms with van der Waals surface area (Å²) in [5.41, 5.74) is 1.03. The van der Waals surface area contributed by atoms with Gasteiger partial charge in [0.25, 0.3) is 0 Å². The predicted molar refractivity (Wildman–Crippen MR) is 88.0 cm³/mol. The first-order valence-corrected chi connectivity index (χ1v) is 7.35. The van der Waals surface area contributed by atoms with E-state index in [4.69, 9.17) is 21.1 Å². The van der Waals surface area contributed by atoms with Crippen molar-refractivity contribution in [1.29, 1.82) is 0 Å². The van der Waals surface area contributed by atoms with E-state index in [-0.39, 0.29) is 19.1 Å². The number of carbonyl (C=O) groups is 2. The Kier molecular flexibility index (Phi) is 6.00. The number of hydrogen-bond acceptors (Lipinski definition) is 4. The standard InChI is InChI=1S/C17H16ClNO4/c1-12(20)19-15-7-5-13(6-8-15)17(21)23-10-9-22-16-4-2-3-14(18)11-16/h2-8,11H,9-10H2,1H3,(H,19,20). The van der Waals surface area contributed by atoms with Gasteiger partial charge in [0.1, 0.15) is 19.0 Å². The SMILES string of the molecule is CC(=O)Nc1ccc(C(=O)OCCOc2cccc(Cl)c2)cc1. The fourth-order valence-corrected chi connectivity index (χ4v) is 2.01.